The number of nitrogens with one attached hydrogen (secondary N) is 2. The number of fused-ring (bicyclic) bond motifs is 2. The standard InChI is InChI=1S/C26H30N8O/c1-16(27-14-17-6-7-17)23-31-22-24(28-15-29-25(22)34(23)18-8-9-18)32-12-10-19(11-13-32)33-21-5-3-2-4-20(21)30-26(33)35/h2-5,15,17-19,27H,1,6-14H2,(H,30,35). The molecule has 4 heterocycles. The first-order valence-corrected chi connectivity index (χ1v) is 12.8. The molecule has 180 valence electrons. The maximum atomic E-state index is 12.7. The molecule has 3 aromatic heterocycles. The first-order chi connectivity index (χ1) is 17.2. The molecule has 1 saturated heterocycles. The van der Waals surface area contributed by atoms with Gasteiger partial charge in [-0.3, -0.25) is 4.57 Å². The number of benzene rings is 1. The summed E-state index contributed by atoms with van der Waals surface area (Å²) in [5.74, 6) is 2.55. The first kappa shape index (κ1) is 20.7. The average Bonchev–Trinajstić information content (AvgIpc) is 3.81. The van der Waals surface area contributed by atoms with E-state index in [2.05, 4.69) is 36.3 Å². The number of anilines is 1. The van der Waals surface area contributed by atoms with E-state index in [0.717, 1.165) is 90.8 Å². The van der Waals surface area contributed by atoms with Gasteiger partial charge in [0.05, 0.1) is 16.7 Å². The van der Waals surface area contributed by atoms with Crippen molar-refractivity contribution in [2.75, 3.05) is 24.5 Å². The Morgan fingerprint density at radius 2 is 1.80 bits per heavy atom. The molecule has 3 aliphatic rings. The molecule has 2 aliphatic carbocycles. The van der Waals surface area contributed by atoms with E-state index in [1.165, 1.54) is 12.8 Å². The van der Waals surface area contributed by atoms with Gasteiger partial charge in [0.25, 0.3) is 0 Å². The molecule has 2 saturated carbocycles. The Morgan fingerprint density at radius 1 is 1.03 bits per heavy atom. The quantitative estimate of drug-likeness (QED) is 0.428. The third kappa shape index (κ3) is 3.61. The molecule has 1 aliphatic heterocycles. The van der Waals surface area contributed by atoms with Crippen LogP contribution in [-0.2, 0) is 0 Å². The number of para-hydroxylation sites is 2. The van der Waals surface area contributed by atoms with Gasteiger partial charge < -0.3 is 19.8 Å². The monoisotopic (exact) mass is 470 g/mol. The molecule has 1 aromatic carbocycles. The van der Waals surface area contributed by atoms with E-state index < -0.39 is 0 Å². The van der Waals surface area contributed by atoms with Crippen LogP contribution in [0.15, 0.2) is 42.0 Å². The minimum Gasteiger partial charge on any atom is -0.382 e. The van der Waals surface area contributed by atoms with Crippen LogP contribution in [0.4, 0.5) is 5.82 Å². The Morgan fingerprint density at radius 3 is 2.57 bits per heavy atom. The molecule has 0 unspecified atom stereocenters. The number of aromatic amines is 1. The van der Waals surface area contributed by atoms with Gasteiger partial charge in [-0.15, -0.1) is 0 Å². The van der Waals surface area contributed by atoms with Crippen molar-refractivity contribution in [3.05, 3.63) is 53.5 Å². The number of hydrogen-bond acceptors (Lipinski definition) is 6. The lowest BCUT2D eigenvalue weighted by Crippen LogP contribution is -2.37. The van der Waals surface area contributed by atoms with E-state index >= 15 is 0 Å². The first-order valence-electron chi connectivity index (χ1n) is 12.8. The van der Waals surface area contributed by atoms with E-state index in [1.54, 1.807) is 6.33 Å². The van der Waals surface area contributed by atoms with Gasteiger partial charge in [0, 0.05) is 31.7 Å². The van der Waals surface area contributed by atoms with Crippen molar-refractivity contribution in [1.82, 2.24) is 34.4 Å². The molecule has 0 radical (unpaired) electrons. The molecule has 7 rings (SSSR count). The Hall–Kier alpha value is -3.62. The van der Waals surface area contributed by atoms with Gasteiger partial charge in [-0.05, 0) is 56.6 Å². The predicted molar refractivity (Wildman–Crippen MR) is 136 cm³/mol. The average molecular weight is 471 g/mol. The minimum atomic E-state index is -0.0286. The van der Waals surface area contributed by atoms with Crippen LogP contribution in [0, 0.1) is 5.92 Å². The second-order valence-electron chi connectivity index (χ2n) is 10.2. The number of aromatic nitrogens is 6. The van der Waals surface area contributed by atoms with Gasteiger partial charge >= 0.3 is 5.69 Å². The van der Waals surface area contributed by atoms with Crippen LogP contribution in [-0.4, -0.2) is 48.7 Å². The molecule has 0 amide bonds. The highest BCUT2D eigenvalue weighted by atomic mass is 16.1. The molecular weight excluding hydrogens is 440 g/mol. The summed E-state index contributed by atoms with van der Waals surface area (Å²) in [6.07, 6.45) is 8.32. The van der Waals surface area contributed by atoms with E-state index in [-0.39, 0.29) is 11.7 Å². The van der Waals surface area contributed by atoms with Crippen LogP contribution < -0.4 is 15.9 Å². The lowest BCUT2D eigenvalue weighted by Gasteiger charge is -2.33. The van der Waals surface area contributed by atoms with Gasteiger partial charge in [-0.1, -0.05) is 18.7 Å². The van der Waals surface area contributed by atoms with Crippen molar-refractivity contribution in [2.24, 2.45) is 5.92 Å². The lowest BCUT2D eigenvalue weighted by molar-refractivity contribution is 0.395. The molecule has 0 atom stereocenters. The number of piperidine rings is 1. The summed E-state index contributed by atoms with van der Waals surface area (Å²) in [7, 11) is 0. The van der Waals surface area contributed by atoms with Crippen LogP contribution in [0.2, 0.25) is 0 Å². The molecule has 0 bridgehead atoms. The second-order valence-corrected chi connectivity index (χ2v) is 10.2. The summed E-state index contributed by atoms with van der Waals surface area (Å²) in [4.78, 5) is 32.4. The topological polar surface area (TPSA) is 96.7 Å². The minimum absolute atomic E-state index is 0.0286. The normalized spacial score (nSPS) is 19.0. The number of H-pyrrole nitrogens is 1. The fourth-order valence-electron chi connectivity index (χ4n) is 5.46. The van der Waals surface area contributed by atoms with Crippen molar-refractivity contribution in [2.45, 2.75) is 50.6 Å². The second kappa shape index (κ2) is 7.96. The zero-order chi connectivity index (χ0) is 23.5. The zero-order valence-electron chi connectivity index (χ0n) is 19.8. The van der Waals surface area contributed by atoms with E-state index in [4.69, 9.17) is 4.98 Å². The molecule has 0 spiro atoms. The summed E-state index contributed by atoms with van der Waals surface area (Å²) < 4.78 is 4.19. The molecule has 35 heavy (non-hydrogen) atoms. The molecular formula is C26H30N8O. The highest BCUT2D eigenvalue weighted by Crippen LogP contribution is 2.41. The molecule has 3 fully saturated rings. The van der Waals surface area contributed by atoms with Gasteiger partial charge in [-0.25, -0.2) is 19.7 Å². The summed E-state index contributed by atoms with van der Waals surface area (Å²) in [5, 5.41) is 3.51. The summed E-state index contributed by atoms with van der Waals surface area (Å²) in [5.41, 5.74) is 4.48. The predicted octanol–water partition coefficient (Wildman–Crippen LogP) is 3.62. The van der Waals surface area contributed by atoms with Crippen LogP contribution in [0.3, 0.4) is 0 Å². The van der Waals surface area contributed by atoms with E-state index in [1.807, 2.05) is 28.8 Å². The van der Waals surface area contributed by atoms with Crippen molar-refractivity contribution >= 4 is 33.7 Å². The van der Waals surface area contributed by atoms with E-state index in [9.17, 15) is 4.79 Å². The third-order valence-electron chi connectivity index (χ3n) is 7.69. The van der Waals surface area contributed by atoms with E-state index in [0.29, 0.717) is 6.04 Å². The highest BCUT2D eigenvalue weighted by Gasteiger charge is 2.33. The van der Waals surface area contributed by atoms with Gasteiger partial charge in [0.1, 0.15) is 6.33 Å². The van der Waals surface area contributed by atoms with Crippen LogP contribution in [0.25, 0.3) is 27.9 Å². The number of hydrogen-bond donors (Lipinski definition) is 2. The van der Waals surface area contributed by atoms with Crippen molar-refractivity contribution in [1.29, 1.82) is 0 Å². The summed E-state index contributed by atoms with van der Waals surface area (Å²) >= 11 is 0. The highest BCUT2D eigenvalue weighted by molar-refractivity contribution is 5.86. The Balaban J connectivity index is 1.17. The largest absolute Gasteiger partial charge is 0.382 e. The molecule has 2 N–H and O–H groups in total. The Kier molecular flexibility index (Phi) is 4.72. The van der Waals surface area contributed by atoms with Crippen molar-refractivity contribution in [3.63, 3.8) is 0 Å². The Bertz CT molecular complexity index is 1480. The smallest absolute Gasteiger partial charge is 0.326 e. The fourth-order valence-corrected chi connectivity index (χ4v) is 5.46. The van der Waals surface area contributed by atoms with Crippen LogP contribution in [0.1, 0.15) is 56.4 Å². The molecule has 9 nitrogen and oxygen atoms in total. The van der Waals surface area contributed by atoms with Gasteiger partial charge in [0.2, 0.25) is 0 Å². The van der Waals surface area contributed by atoms with Gasteiger partial charge in [-0.2, -0.15) is 0 Å². The van der Waals surface area contributed by atoms with Crippen LogP contribution in [0.5, 0.6) is 0 Å². The van der Waals surface area contributed by atoms with Gasteiger partial charge in [0.15, 0.2) is 22.8 Å². The molecule has 4 aromatic rings. The summed E-state index contributed by atoms with van der Waals surface area (Å²) in [6, 6.07) is 8.52. The SMILES string of the molecule is C=C(NCC1CC1)c1nc2c(N3CCC(n4c(=O)[nH]c5ccccc54)CC3)ncnc2n1C1CC1. The maximum Gasteiger partial charge on any atom is 0.326 e. The lowest BCUT2D eigenvalue weighted by atomic mass is 10.0. The van der Waals surface area contributed by atoms with Crippen molar-refractivity contribution < 1.29 is 0 Å². The number of nitrogens with zero attached hydrogens (tertiary/aromatic N) is 6. The number of imidazole rings is 2. The van der Waals surface area contributed by atoms with Crippen molar-refractivity contribution in [3.8, 4) is 0 Å². The Labute approximate surface area is 202 Å². The fraction of sp³-hybridized carbons (Fsp3) is 0.462. The van der Waals surface area contributed by atoms with Crippen LogP contribution >= 0.6 is 0 Å². The third-order valence-corrected chi connectivity index (χ3v) is 7.69. The summed E-state index contributed by atoms with van der Waals surface area (Å²) in [6.45, 7) is 6.91. The number of rotatable bonds is 7. The zero-order valence-corrected chi connectivity index (χ0v) is 19.8. The molecule has 9 heteroatoms. The maximum absolute atomic E-state index is 12.7.